The van der Waals surface area contributed by atoms with Gasteiger partial charge in [-0.1, -0.05) is 24.3 Å². The molecule has 0 radical (unpaired) electrons. The van der Waals surface area contributed by atoms with Gasteiger partial charge in [-0.2, -0.15) is 10.4 Å². The van der Waals surface area contributed by atoms with Crippen LogP contribution in [-0.4, -0.2) is 24.0 Å². The quantitative estimate of drug-likeness (QED) is 0.736. The zero-order valence-corrected chi connectivity index (χ0v) is 16.3. The maximum absolute atomic E-state index is 9.84. The number of rotatable bonds is 4. The average molecular weight is 388 g/mol. The summed E-state index contributed by atoms with van der Waals surface area (Å²) in [6, 6.07) is 17.3. The Morgan fingerprint density at radius 3 is 2.55 bits per heavy atom. The molecule has 7 heteroatoms. The van der Waals surface area contributed by atoms with Crippen LogP contribution in [0, 0.1) is 18.3 Å². The molecule has 3 aromatic rings. The summed E-state index contributed by atoms with van der Waals surface area (Å²) in [6.07, 6.45) is 0. The van der Waals surface area contributed by atoms with Crippen LogP contribution in [0.2, 0.25) is 0 Å². The average Bonchev–Trinajstić information content (AvgIpc) is 3.08. The molecule has 0 bridgehead atoms. The first-order valence-corrected chi connectivity index (χ1v) is 9.03. The first kappa shape index (κ1) is 18.4. The molecule has 0 fully saturated rings. The van der Waals surface area contributed by atoms with Gasteiger partial charge in [0.25, 0.3) is 0 Å². The molecule has 146 valence electrons. The number of allylic oxidation sites excluding steroid dienone is 1. The molecule has 0 spiro atoms. The monoisotopic (exact) mass is 388 g/mol. The summed E-state index contributed by atoms with van der Waals surface area (Å²) in [5.74, 6) is 1.33. The van der Waals surface area contributed by atoms with E-state index in [0.717, 1.165) is 22.5 Å². The Morgan fingerprint density at radius 2 is 1.90 bits per heavy atom. The Kier molecular flexibility index (Phi) is 4.61. The van der Waals surface area contributed by atoms with E-state index in [2.05, 4.69) is 11.2 Å². The number of fused-ring (bicyclic) bond motifs is 1. The molecule has 7 nitrogen and oxygen atoms in total. The van der Waals surface area contributed by atoms with Gasteiger partial charge in [0.1, 0.15) is 23.1 Å². The van der Waals surface area contributed by atoms with E-state index in [0.29, 0.717) is 23.0 Å². The first-order chi connectivity index (χ1) is 14.1. The van der Waals surface area contributed by atoms with Crippen LogP contribution in [0.15, 0.2) is 60.0 Å². The van der Waals surface area contributed by atoms with Gasteiger partial charge in [-0.3, -0.25) is 0 Å². The van der Waals surface area contributed by atoms with Crippen LogP contribution < -0.4 is 19.9 Å². The van der Waals surface area contributed by atoms with Gasteiger partial charge in [0, 0.05) is 11.6 Å². The van der Waals surface area contributed by atoms with Gasteiger partial charge in [-0.25, -0.2) is 4.68 Å². The second-order valence-electron chi connectivity index (χ2n) is 6.58. The highest BCUT2D eigenvalue weighted by Crippen LogP contribution is 2.47. The lowest BCUT2D eigenvalue weighted by molar-refractivity contribution is 0.363. The largest absolute Gasteiger partial charge is 0.497 e. The number of methoxy groups -OCH3 is 2. The van der Waals surface area contributed by atoms with Crippen LogP contribution in [0.3, 0.4) is 0 Å². The predicted octanol–water partition coefficient (Wildman–Crippen LogP) is 3.42. The van der Waals surface area contributed by atoms with E-state index in [4.69, 9.17) is 19.9 Å². The minimum absolute atomic E-state index is 0.0555. The highest BCUT2D eigenvalue weighted by Gasteiger charge is 2.37. The van der Waals surface area contributed by atoms with Crippen molar-refractivity contribution in [1.82, 2.24) is 9.78 Å². The standard InChI is InChI=1S/C22H20N4O3/c1-13-19-20(16-10-9-15(27-2)11-18(16)28-3)17(12-23)21(24)29-22(19)26(25-13)14-7-5-4-6-8-14/h4-11,20H,24H2,1-3H3/t20-/m1/s1. The van der Waals surface area contributed by atoms with E-state index in [1.165, 1.54) is 0 Å². The first-order valence-electron chi connectivity index (χ1n) is 9.03. The highest BCUT2D eigenvalue weighted by molar-refractivity contribution is 5.60. The van der Waals surface area contributed by atoms with Gasteiger partial charge in [-0.05, 0) is 25.1 Å². The van der Waals surface area contributed by atoms with Gasteiger partial charge in [0.2, 0.25) is 11.8 Å². The van der Waals surface area contributed by atoms with Gasteiger partial charge in [-0.15, -0.1) is 0 Å². The maximum Gasteiger partial charge on any atom is 0.229 e. The van der Waals surface area contributed by atoms with Crippen LogP contribution in [-0.2, 0) is 0 Å². The molecule has 0 aliphatic carbocycles. The minimum Gasteiger partial charge on any atom is -0.497 e. The molecular weight excluding hydrogens is 368 g/mol. The summed E-state index contributed by atoms with van der Waals surface area (Å²) in [5, 5.41) is 14.5. The molecule has 2 aromatic carbocycles. The van der Waals surface area contributed by atoms with Crippen molar-refractivity contribution in [2.24, 2.45) is 5.73 Å². The van der Waals surface area contributed by atoms with Crippen molar-refractivity contribution in [3.8, 4) is 29.1 Å². The van der Waals surface area contributed by atoms with E-state index < -0.39 is 5.92 Å². The molecule has 0 unspecified atom stereocenters. The van der Waals surface area contributed by atoms with Crippen molar-refractivity contribution in [1.29, 1.82) is 5.26 Å². The molecule has 4 rings (SSSR count). The zero-order valence-electron chi connectivity index (χ0n) is 16.3. The minimum atomic E-state index is -0.470. The number of nitrogens with zero attached hydrogens (tertiary/aromatic N) is 3. The highest BCUT2D eigenvalue weighted by atomic mass is 16.5. The van der Waals surface area contributed by atoms with Gasteiger partial charge >= 0.3 is 0 Å². The molecule has 0 saturated heterocycles. The van der Waals surface area contributed by atoms with Crippen LogP contribution in [0.25, 0.3) is 5.69 Å². The Morgan fingerprint density at radius 1 is 1.14 bits per heavy atom. The third kappa shape index (κ3) is 2.95. The number of aryl methyl sites for hydroxylation is 1. The molecule has 1 aliphatic heterocycles. The van der Waals surface area contributed by atoms with Crippen molar-refractivity contribution in [2.45, 2.75) is 12.8 Å². The van der Waals surface area contributed by atoms with Crippen LogP contribution in [0.1, 0.15) is 22.7 Å². The Hall–Kier alpha value is -3.92. The van der Waals surface area contributed by atoms with Gasteiger partial charge < -0.3 is 19.9 Å². The number of ether oxygens (including phenoxy) is 3. The molecule has 0 amide bonds. The summed E-state index contributed by atoms with van der Waals surface area (Å²) in [5.41, 5.74) is 9.63. The van der Waals surface area contributed by atoms with E-state index in [1.807, 2.05) is 49.4 Å². The van der Waals surface area contributed by atoms with Crippen LogP contribution in [0.5, 0.6) is 17.4 Å². The fourth-order valence-corrected chi connectivity index (χ4v) is 3.63. The predicted molar refractivity (Wildman–Crippen MR) is 107 cm³/mol. The zero-order chi connectivity index (χ0) is 20.5. The molecule has 1 aliphatic rings. The number of hydrogen-bond donors (Lipinski definition) is 1. The number of nitriles is 1. The molecule has 29 heavy (non-hydrogen) atoms. The van der Waals surface area contributed by atoms with Crippen molar-refractivity contribution in [2.75, 3.05) is 14.2 Å². The molecule has 1 atom stereocenters. The summed E-state index contributed by atoms with van der Waals surface area (Å²) in [4.78, 5) is 0. The number of nitrogens with two attached hydrogens (primary N) is 1. The molecule has 2 heterocycles. The smallest absolute Gasteiger partial charge is 0.229 e. The Balaban J connectivity index is 1.97. The fourth-order valence-electron chi connectivity index (χ4n) is 3.63. The van der Waals surface area contributed by atoms with Crippen molar-refractivity contribution < 1.29 is 14.2 Å². The maximum atomic E-state index is 9.84. The lowest BCUT2D eigenvalue weighted by Crippen LogP contribution is -2.22. The molecule has 0 saturated carbocycles. The second kappa shape index (κ2) is 7.24. The summed E-state index contributed by atoms with van der Waals surface area (Å²) < 4.78 is 18.5. The normalized spacial score (nSPS) is 15.3. The summed E-state index contributed by atoms with van der Waals surface area (Å²) in [7, 11) is 3.17. The van der Waals surface area contributed by atoms with Crippen molar-refractivity contribution in [3.63, 3.8) is 0 Å². The molecular formula is C22H20N4O3. The van der Waals surface area contributed by atoms with Gasteiger partial charge in [0.15, 0.2) is 0 Å². The molecule has 2 N–H and O–H groups in total. The third-order valence-corrected chi connectivity index (χ3v) is 4.98. The number of para-hydroxylation sites is 1. The number of benzene rings is 2. The SMILES string of the molecule is COc1ccc([C@@H]2C(C#N)=C(N)Oc3c2c(C)nn3-c2ccccc2)c(OC)c1. The topological polar surface area (TPSA) is 95.3 Å². The number of aromatic nitrogens is 2. The van der Waals surface area contributed by atoms with Crippen LogP contribution >= 0.6 is 0 Å². The lowest BCUT2D eigenvalue weighted by Gasteiger charge is -2.26. The van der Waals surface area contributed by atoms with Crippen molar-refractivity contribution in [3.05, 3.63) is 76.8 Å². The van der Waals surface area contributed by atoms with Crippen molar-refractivity contribution >= 4 is 0 Å². The Labute approximate surface area is 168 Å². The van der Waals surface area contributed by atoms with E-state index in [1.54, 1.807) is 25.0 Å². The fraction of sp³-hybridized carbons (Fsp3) is 0.182. The third-order valence-electron chi connectivity index (χ3n) is 4.98. The number of hydrogen-bond acceptors (Lipinski definition) is 6. The summed E-state index contributed by atoms with van der Waals surface area (Å²) >= 11 is 0. The molecule has 1 aromatic heterocycles. The van der Waals surface area contributed by atoms with Gasteiger partial charge in [0.05, 0.1) is 37.1 Å². The Bertz CT molecular complexity index is 1140. The summed E-state index contributed by atoms with van der Waals surface area (Å²) in [6.45, 7) is 1.89. The van der Waals surface area contributed by atoms with Crippen LogP contribution in [0.4, 0.5) is 0 Å². The second-order valence-corrected chi connectivity index (χ2v) is 6.58. The van der Waals surface area contributed by atoms with E-state index >= 15 is 0 Å². The lowest BCUT2D eigenvalue weighted by atomic mass is 9.83. The van der Waals surface area contributed by atoms with E-state index in [9.17, 15) is 5.26 Å². The van der Waals surface area contributed by atoms with E-state index in [-0.39, 0.29) is 5.88 Å².